The summed E-state index contributed by atoms with van der Waals surface area (Å²) in [5.74, 6) is 0.776. The molecule has 2 aromatic carbocycles. The zero-order chi connectivity index (χ0) is 17.9. The number of thioether (sulfide) groups is 1. The minimum atomic E-state index is -0.0750. The molecule has 0 unspecified atom stereocenters. The summed E-state index contributed by atoms with van der Waals surface area (Å²) in [6, 6.07) is 15.4. The quantitative estimate of drug-likeness (QED) is 0.714. The van der Waals surface area contributed by atoms with Crippen LogP contribution in [-0.4, -0.2) is 28.3 Å². The van der Waals surface area contributed by atoms with E-state index in [1.54, 1.807) is 18.0 Å². The number of nitrogens with zero attached hydrogens (tertiary/aromatic N) is 2. The molecule has 0 spiro atoms. The van der Waals surface area contributed by atoms with Gasteiger partial charge in [-0.25, -0.2) is 4.98 Å². The molecule has 26 heavy (non-hydrogen) atoms. The number of ether oxygens (including phenoxy) is 1. The molecule has 0 saturated carbocycles. The van der Waals surface area contributed by atoms with Crippen LogP contribution in [0.25, 0.3) is 5.69 Å². The Morgan fingerprint density at radius 3 is 2.85 bits per heavy atom. The van der Waals surface area contributed by atoms with Gasteiger partial charge in [0.05, 0.1) is 12.6 Å². The molecule has 0 radical (unpaired) electrons. The number of hydrogen-bond donors (Lipinski definition) is 1. The van der Waals surface area contributed by atoms with Crippen molar-refractivity contribution in [2.24, 2.45) is 0 Å². The van der Waals surface area contributed by atoms with Gasteiger partial charge in [-0.3, -0.25) is 9.36 Å². The van der Waals surface area contributed by atoms with Crippen molar-refractivity contribution in [1.82, 2.24) is 14.9 Å². The Hall–Kier alpha value is -2.73. The first kappa shape index (κ1) is 16.7. The number of fused-ring (bicyclic) bond motifs is 1. The lowest BCUT2D eigenvalue weighted by Gasteiger charge is -2.26. The average Bonchev–Trinajstić information content (AvgIpc) is 3.17. The Balaban J connectivity index is 1.51. The number of imidazole rings is 1. The second-order valence-corrected chi connectivity index (χ2v) is 6.81. The Morgan fingerprint density at radius 1 is 1.23 bits per heavy atom. The highest BCUT2D eigenvalue weighted by atomic mass is 32.2. The van der Waals surface area contributed by atoms with Crippen LogP contribution in [-0.2, 0) is 0 Å². The van der Waals surface area contributed by atoms with Gasteiger partial charge in [0.15, 0.2) is 5.16 Å². The normalized spacial score (nSPS) is 15.8. The molecule has 4 rings (SSSR count). The minimum Gasteiger partial charge on any atom is -0.493 e. The van der Waals surface area contributed by atoms with E-state index < -0.39 is 0 Å². The van der Waals surface area contributed by atoms with Gasteiger partial charge in [0, 0.05) is 35.6 Å². The molecular weight excluding hydrogens is 346 g/mol. The molecule has 0 saturated heterocycles. The molecule has 6 heteroatoms. The van der Waals surface area contributed by atoms with Crippen LogP contribution in [0.3, 0.4) is 0 Å². The van der Waals surface area contributed by atoms with Crippen molar-refractivity contribution in [1.29, 1.82) is 0 Å². The number of amides is 1. The number of para-hydroxylation sites is 1. The highest BCUT2D eigenvalue weighted by Crippen LogP contribution is 2.31. The van der Waals surface area contributed by atoms with Crippen LogP contribution in [0.15, 0.2) is 66.1 Å². The van der Waals surface area contributed by atoms with Crippen molar-refractivity contribution >= 4 is 17.7 Å². The van der Waals surface area contributed by atoms with Gasteiger partial charge in [0.1, 0.15) is 5.75 Å². The van der Waals surface area contributed by atoms with Gasteiger partial charge in [0.25, 0.3) is 5.91 Å². The summed E-state index contributed by atoms with van der Waals surface area (Å²) >= 11 is 1.58. The third kappa shape index (κ3) is 3.20. The number of rotatable bonds is 4. The number of hydrogen-bond acceptors (Lipinski definition) is 4. The van der Waals surface area contributed by atoms with Crippen LogP contribution >= 0.6 is 11.8 Å². The highest BCUT2D eigenvalue weighted by molar-refractivity contribution is 7.98. The zero-order valence-electron chi connectivity index (χ0n) is 14.4. The molecule has 1 N–H and O–H groups in total. The fraction of sp³-hybridized carbons (Fsp3) is 0.200. The van der Waals surface area contributed by atoms with E-state index in [1.807, 2.05) is 65.6 Å². The molecule has 0 fully saturated rings. The summed E-state index contributed by atoms with van der Waals surface area (Å²) in [6.45, 7) is 0.610. The van der Waals surface area contributed by atoms with Crippen molar-refractivity contribution in [3.8, 4) is 11.4 Å². The molecule has 3 aromatic rings. The van der Waals surface area contributed by atoms with E-state index >= 15 is 0 Å². The summed E-state index contributed by atoms with van der Waals surface area (Å²) in [5.41, 5.74) is 2.66. The van der Waals surface area contributed by atoms with E-state index in [-0.39, 0.29) is 11.9 Å². The number of benzene rings is 2. The first-order valence-corrected chi connectivity index (χ1v) is 9.69. The van der Waals surface area contributed by atoms with E-state index in [2.05, 4.69) is 10.3 Å². The molecule has 2 heterocycles. The number of carbonyl (C=O) groups excluding carboxylic acids is 1. The number of aromatic nitrogens is 2. The van der Waals surface area contributed by atoms with Gasteiger partial charge < -0.3 is 10.1 Å². The van der Waals surface area contributed by atoms with Crippen molar-refractivity contribution in [3.63, 3.8) is 0 Å². The van der Waals surface area contributed by atoms with E-state index in [4.69, 9.17) is 4.74 Å². The summed E-state index contributed by atoms with van der Waals surface area (Å²) in [4.78, 5) is 17.0. The lowest BCUT2D eigenvalue weighted by Crippen LogP contribution is -2.32. The van der Waals surface area contributed by atoms with Crippen molar-refractivity contribution in [2.45, 2.75) is 17.6 Å². The fourth-order valence-electron chi connectivity index (χ4n) is 3.14. The van der Waals surface area contributed by atoms with Gasteiger partial charge >= 0.3 is 0 Å². The van der Waals surface area contributed by atoms with E-state index in [0.717, 1.165) is 28.6 Å². The van der Waals surface area contributed by atoms with Gasteiger partial charge in [-0.2, -0.15) is 0 Å². The maximum absolute atomic E-state index is 12.7. The van der Waals surface area contributed by atoms with E-state index in [0.29, 0.717) is 12.2 Å². The molecule has 1 aliphatic heterocycles. The fourth-order valence-corrected chi connectivity index (χ4v) is 3.67. The average molecular weight is 365 g/mol. The maximum atomic E-state index is 12.7. The summed E-state index contributed by atoms with van der Waals surface area (Å²) in [7, 11) is 0. The van der Waals surface area contributed by atoms with Crippen molar-refractivity contribution in [2.75, 3.05) is 12.9 Å². The van der Waals surface area contributed by atoms with Gasteiger partial charge in [0.2, 0.25) is 0 Å². The largest absolute Gasteiger partial charge is 0.493 e. The molecular formula is C20H19N3O2S. The third-order valence-electron chi connectivity index (χ3n) is 4.46. The predicted molar refractivity (Wildman–Crippen MR) is 102 cm³/mol. The highest BCUT2D eigenvalue weighted by Gasteiger charge is 2.23. The molecule has 1 aromatic heterocycles. The predicted octanol–water partition coefficient (Wildman–Crippen LogP) is 3.85. The third-order valence-corrected chi connectivity index (χ3v) is 5.13. The molecule has 1 amide bonds. The lowest BCUT2D eigenvalue weighted by atomic mass is 10.00. The minimum absolute atomic E-state index is 0.0242. The van der Waals surface area contributed by atoms with Crippen LogP contribution in [0, 0.1) is 0 Å². The van der Waals surface area contributed by atoms with Crippen molar-refractivity contribution in [3.05, 3.63) is 72.1 Å². The Kier molecular flexibility index (Phi) is 4.67. The smallest absolute Gasteiger partial charge is 0.251 e. The molecule has 1 atom stereocenters. The van der Waals surface area contributed by atoms with Gasteiger partial charge in [-0.1, -0.05) is 30.0 Å². The second kappa shape index (κ2) is 7.25. The topological polar surface area (TPSA) is 56.2 Å². The van der Waals surface area contributed by atoms with E-state index in [9.17, 15) is 4.79 Å². The summed E-state index contributed by atoms with van der Waals surface area (Å²) < 4.78 is 7.66. The summed E-state index contributed by atoms with van der Waals surface area (Å²) in [5, 5.41) is 4.04. The maximum Gasteiger partial charge on any atom is 0.251 e. The standard InChI is InChI=1S/C20H19N3O2S/c1-26-20-21-11-12-23(20)15-8-6-14(7-9-15)19(24)22-17-10-13-25-18-5-3-2-4-16(17)18/h2-9,11-12,17H,10,13H2,1H3,(H,22,24)/t17-/m1/s1. The lowest BCUT2D eigenvalue weighted by molar-refractivity contribution is 0.0925. The molecule has 132 valence electrons. The Morgan fingerprint density at radius 2 is 2.04 bits per heavy atom. The molecule has 0 aliphatic carbocycles. The Labute approximate surface area is 156 Å². The molecule has 0 bridgehead atoms. The molecule has 1 aliphatic rings. The van der Waals surface area contributed by atoms with Gasteiger partial charge in [-0.05, 0) is 36.6 Å². The SMILES string of the molecule is CSc1nccn1-c1ccc(C(=O)N[C@@H]2CCOc3ccccc32)cc1. The molecule has 5 nitrogen and oxygen atoms in total. The number of nitrogens with one attached hydrogen (secondary N) is 1. The first-order chi connectivity index (χ1) is 12.8. The van der Waals surface area contributed by atoms with Crippen LogP contribution in [0.5, 0.6) is 5.75 Å². The summed E-state index contributed by atoms with van der Waals surface area (Å²) in [6.07, 6.45) is 6.45. The van der Waals surface area contributed by atoms with Crippen LogP contribution < -0.4 is 10.1 Å². The second-order valence-electron chi connectivity index (χ2n) is 6.03. The number of carbonyl (C=O) groups is 1. The van der Waals surface area contributed by atoms with Crippen LogP contribution in [0.1, 0.15) is 28.4 Å². The van der Waals surface area contributed by atoms with Gasteiger partial charge in [-0.15, -0.1) is 0 Å². The van der Waals surface area contributed by atoms with Crippen LogP contribution in [0.4, 0.5) is 0 Å². The van der Waals surface area contributed by atoms with Crippen LogP contribution in [0.2, 0.25) is 0 Å². The zero-order valence-corrected chi connectivity index (χ0v) is 15.2. The first-order valence-electron chi connectivity index (χ1n) is 8.46. The van der Waals surface area contributed by atoms with E-state index in [1.165, 1.54) is 0 Å². The van der Waals surface area contributed by atoms with Crippen molar-refractivity contribution < 1.29 is 9.53 Å². The Bertz CT molecular complexity index is 921. The monoisotopic (exact) mass is 365 g/mol.